The Kier molecular flexibility index (Phi) is 9.04. The van der Waals surface area contributed by atoms with Crippen LogP contribution in [0.4, 0.5) is 5.69 Å². The fourth-order valence-electron chi connectivity index (χ4n) is 5.93. The molecule has 5 rings (SSSR count). The predicted molar refractivity (Wildman–Crippen MR) is 163 cm³/mol. The number of nitrogens with one attached hydrogen (secondary N) is 1. The molecular weight excluding hydrogens is 548 g/mol. The van der Waals surface area contributed by atoms with Crippen molar-refractivity contribution in [2.24, 2.45) is 0 Å². The molecule has 2 aliphatic rings. The van der Waals surface area contributed by atoms with Crippen molar-refractivity contribution in [2.45, 2.75) is 24.8 Å². The third kappa shape index (κ3) is 6.23. The van der Waals surface area contributed by atoms with E-state index in [2.05, 4.69) is 10.2 Å². The van der Waals surface area contributed by atoms with Crippen LogP contribution in [0.15, 0.2) is 72.8 Å². The number of methoxy groups -OCH3 is 3. The van der Waals surface area contributed by atoms with Crippen molar-refractivity contribution in [3.63, 3.8) is 0 Å². The van der Waals surface area contributed by atoms with E-state index in [0.717, 1.165) is 11.3 Å². The lowest BCUT2D eigenvalue weighted by Gasteiger charge is -2.43. The molecule has 0 saturated carbocycles. The zero-order valence-electron chi connectivity index (χ0n) is 24.9. The maximum atomic E-state index is 14.0. The van der Waals surface area contributed by atoms with E-state index < -0.39 is 5.54 Å². The van der Waals surface area contributed by atoms with Crippen LogP contribution in [0.2, 0.25) is 0 Å². The van der Waals surface area contributed by atoms with Crippen LogP contribution in [0.25, 0.3) is 0 Å². The minimum absolute atomic E-state index is 0.0374. The molecule has 0 radical (unpaired) electrons. The van der Waals surface area contributed by atoms with Crippen LogP contribution >= 0.6 is 0 Å². The SMILES string of the molecule is COc1ccc(C(=O)N2CCC3(CC2)C(=O)N(CC(=O)NCCc2ccc(OC)c(OC)c2)CN3c2ccccc2)cc1. The van der Waals surface area contributed by atoms with Crippen LogP contribution in [0.3, 0.4) is 0 Å². The number of nitrogens with zero attached hydrogens (tertiary/aromatic N) is 3. The first-order valence-corrected chi connectivity index (χ1v) is 14.4. The van der Waals surface area contributed by atoms with Gasteiger partial charge in [0.1, 0.15) is 17.8 Å². The summed E-state index contributed by atoms with van der Waals surface area (Å²) in [6, 6.07) is 22.5. The smallest absolute Gasteiger partial charge is 0.253 e. The molecular formula is C33H38N4O6. The number of carbonyl (C=O) groups is 3. The predicted octanol–water partition coefficient (Wildman–Crippen LogP) is 3.35. The van der Waals surface area contributed by atoms with E-state index in [1.54, 1.807) is 55.4 Å². The standard InChI is InChI=1S/C33H38N4O6/c1-41-27-12-10-25(11-13-27)31(39)35-19-16-33(17-20-35)32(40)36(23-37(33)26-7-5-4-6-8-26)22-30(38)34-18-15-24-9-14-28(42-2)29(21-24)43-3/h4-14,21H,15-20,22-23H2,1-3H3,(H,34,38). The Labute approximate surface area is 252 Å². The van der Waals surface area contributed by atoms with Crippen molar-refractivity contribution < 1.29 is 28.6 Å². The van der Waals surface area contributed by atoms with E-state index in [1.807, 2.05) is 48.5 Å². The fourth-order valence-corrected chi connectivity index (χ4v) is 5.93. The van der Waals surface area contributed by atoms with Crippen LogP contribution in [0, 0.1) is 0 Å². The van der Waals surface area contributed by atoms with E-state index >= 15 is 0 Å². The van der Waals surface area contributed by atoms with Gasteiger partial charge in [-0.25, -0.2) is 0 Å². The summed E-state index contributed by atoms with van der Waals surface area (Å²) in [5.41, 5.74) is 1.68. The molecule has 0 aliphatic carbocycles. The van der Waals surface area contributed by atoms with Crippen molar-refractivity contribution in [2.75, 3.05) is 59.1 Å². The number of hydrogen-bond donors (Lipinski definition) is 1. The number of ether oxygens (including phenoxy) is 3. The Hall–Kier alpha value is -4.73. The molecule has 0 bridgehead atoms. The van der Waals surface area contributed by atoms with Crippen molar-refractivity contribution in [1.29, 1.82) is 0 Å². The minimum atomic E-state index is -0.821. The van der Waals surface area contributed by atoms with Gasteiger partial charge < -0.3 is 34.2 Å². The summed E-state index contributed by atoms with van der Waals surface area (Å²) in [7, 11) is 4.77. The van der Waals surface area contributed by atoms with E-state index in [0.29, 0.717) is 68.4 Å². The van der Waals surface area contributed by atoms with Crippen LogP contribution < -0.4 is 24.4 Å². The van der Waals surface area contributed by atoms with Crippen molar-refractivity contribution in [1.82, 2.24) is 15.1 Å². The van der Waals surface area contributed by atoms with Crippen LogP contribution in [0.1, 0.15) is 28.8 Å². The number of hydrogen-bond acceptors (Lipinski definition) is 7. The topological polar surface area (TPSA) is 101 Å². The lowest BCUT2D eigenvalue weighted by atomic mass is 9.85. The van der Waals surface area contributed by atoms with Gasteiger partial charge in [-0.2, -0.15) is 0 Å². The van der Waals surface area contributed by atoms with Gasteiger partial charge in [-0.1, -0.05) is 24.3 Å². The molecule has 226 valence electrons. The Balaban J connectivity index is 1.23. The van der Waals surface area contributed by atoms with Crippen molar-refractivity contribution >= 4 is 23.4 Å². The van der Waals surface area contributed by atoms with Gasteiger partial charge in [-0.3, -0.25) is 14.4 Å². The van der Waals surface area contributed by atoms with E-state index in [1.165, 1.54) is 0 Å². The average Bonchev–Trinajstić information content (AvgIpc) is 3.31. The highest BCUT2D eigenvalue weighted by molar-refractivity contribution is 5.97. The van der Waals surface area contributed by atoms with Gasteiger partial charge in [-0.05, 0) is 73.4 Å². The number of benzene rings is 3. The monoisotopic (exact) mass is 586 g/mol. The second-order valence-corrected chi connectivity index (χ2v) is 10.7. The molecule has 2 saturated heterocycles. The molecule has 3 amide bonds. The molecule has 10 nitrogen and oxygen atoms in total. The van der Waals surface area contributed by atoms with Crippen LogP contribution in [-0.2, 0) is 16.0 Å². The molecule has 0 atom stereocenters. The third-order valence-corrected chi connectivity index (χ3v) is 8.32. The number of likely N-dealkylation sites (tertiary alicyclic amines) is 1. The van der Waals surface area contributed by atoms with Gasteiger partial charge in [0, 0.05) is 30.9 Å². The molecule has 2 aliphatic heterocycles. The molecule has 2 heterocycles. The number of rotatable bonds is 10. The molecule has 1 spiro atoms. The van der Waals surface area contributed by atoms with Gasteiger partial charge >= 0.3 is 0 Å². The highest BCUT2D eigenvalue weighted by Crippen LogP contribution is 2.39. The lowest BCUT2D eigenvalue weighted by molar-refractivity contribution is -0.137. The molecule has 0 unspecified atom stereocenters. The normalized spacial score (nSPS) is 15.9. The van der Waals surface area contributed by atoms with Crippen molar-refractivity contribution in [3.05, 3.63) is 83.9 Å². The second-order valence-electron chi connectivity index (χ2n) is 10.7. The van der Waals surface area contributed by atoms with Gasteiger partial charge in [0.25, 0.3) is 11.8 Å². The van der Waals surface area contributed by atoms with Gasteiger partial charge in [0.05, 0.1) is 28.0 Å². The Morgan fingerprint density at radius 2 is 1.56 bits per heavy atom. The Bertz CT molecular complexity index is 1440. The molecule has 2 fully saturated rings. The zero-order chi connectivity index (χ0) is 30.4. The van der Waals surface area contributed by atoms with Gasteiger partial charge in [-0.15, -0.1) is 0 Å². The van der Waals surface area contributed by atoms with E-state index in [-0.39, 0.29) is 24.3 Å². The molecule has 10 heteroatoms. The largest absolute Gasteiger partial charge is 0.497 e. The number of carbonyl (C=O) groups excluding carboxylic acids is 3. The van der Waals surface area contributed by atoms with Gasteiger partial charge in [0.2, 0.25) is 5.91 Å². The first kappa shape index (κ1) is 29.8. The van der Waals surface area contributed by atoms with Gasteiger partial charge in [0.15, 0.2) is 11.5 Å². The number of amides is 3. The Morgan fingerprint density at radius 3 is 2.21 bits per heavy atom. The lowest BCUT2D eigenvalue weighted by Crippen LogP contribution is -2.57. The first-order chi connectivity index (χ1) is 20.9. The number of anilines is 1. The summed E-state index contributed by atoms with van der Waals surface area (Å²) in [5, 5.41) is 2.95. The van der Waals surface area contributed by atoms with Crippen LogP contribution in [0.5, 0.6) is 17.2 Å². The summed E-state index contributed by atoms with van der Waals surface area (Å²) in [6.45, 7) is 1.56. The third-order valence-electron chi connectivity index (χ3n) is 8.32. The summed E-state index contributed by atoms with van der Waals surface area (Å²) in [6.07, 6.45) is 1.55. The molecule has 1 N–H and O–H groups in total. The summed E-state index contributed by atoms with van der Waals surface area (Å²) >= 11 is 0. The summed E-state index contributed by atoms with van der Waals surface area (Å²) in [4.78, 5) is 45.7. The molecule has 43 heavy (non-hydrogen) atoms. The van der Waals surface area contributed by atoms with E-state index in [9.17, 15) is 14.4 Å². The molecule has 0 aromatic heterocycles. The number of piperidine rings is 1. The quantitative estimate of drug-likeness (QED) is 0.389. The maximum absolute atomic E-state index is 14.0. The minimum Gasteiger partial charge on any atom is -0.497 e. The van der Waals surface area contributed by atoms with Crippen LogP contribution in [-0.4, -0.2) is 87.2 Å². The van der Waals surface area contributed by atoms with Crippen molar-refractivity contribution in [3.8, 4) is 17.2 Å². The molecule has 3 aromatic rings. The zero-order valence-corrected chi connectivity index (χ0v) is 24.9. The highest BCUT2D eigenvalue weighted by Gasteiger charge is 2.54. The molecule has 3 aromatic carbocycles. The maximum Gasteiger partial charge on any atom is 0.253 e. The average molecular weight is 587 g/mol. The summed E-state index contributed by atoms with van der Waals surface area (Å²) in [5.74, 6) is 1.61. The summed E-state index contributed by atoms with van der Waals surface area (Å²) < 4.78 is 15.9. The first-order valence-electron chi connectivity index (χ1n) is 14.4. The fraction of sp³-hybridized carbons (Fsp3) is 0.364. The van der Waals surface area contributed by atoms with E-state index in [4.69, 9.17) is 14.2 Å². The second kappa shape index (κ2) is 13.1. The highest BCUT2D eigenvalue weighted by atomic mass is 16.5. The number of para-hydroxylation sites is 1. The Morgan fingerprint density at radius 1 is 0.860 bits per heavy atom.